The average Bonchev–Trinajstić information content (AvgIpc) is 3.02. The highest BCUT2D eigenvalue weighted by molar-refractivity contribution is 5.88. The summed E-state index contributed by atoms with van der Waals surface area (Å²) in [6.07, 6.45) is 6.33. The van der Waals surface area contributed by atoms with Crippen LogP contribution in [0.15, 0.2) is 30.7 Å². The van der Waals surface area contributed by atoms with Crippen molar-refractivity contribution < 1.29 is 0 Å². The van der Waals surface area contributed by atoms with Crippen LogP contribution in [0.3, 0.4) is 0 Å². The van der Waals surface area contributed by atoms with E-state index in [1.807, 2.05) is 30.1 Å². The molecule has 0 aromatic carbocycles. The molecular weight excluding hydrogens is 252 g/mol. The van der Waals surface area contributed by atoms with Gasteiger partial charge in [0, 0.05) is 31.2 Å². The van der Waals surface area contributed by atoms with E-state index in [9.17, 15) is 0 Å². The van der Waals surface area contributed by atoms with E-state index in [-0.39, 0.29) is 0 Å². The number of aromatic amines is 1. The molecule has 6 heteroatoms. The summed E-state index contributed by atoms with van der Waals surface area (Å²) in [7, 11) is 1.91. The van der Waals surface area contributed by atoms with Crippen molar-refractivity contribution in [1.29, 1.82) is 0 Å². The molecule has 0 unspecified atom stereocenters. The van der Waals surface area contributed by atoms with Gasteiger partial charge < -0.3 is 5.73 Å². The molecule has 6 nitrogen and oxygen atoms in total. The summed E-state index contributed by atoms with van der Waals surface area (Å²) in [4.78, 5) is 4.04. The first-order valence-corrected chi connectivity index (χ1v) is 6.47. The van der Waals surface area contributed by atoms with Crippen LogP contribution in [0.2, 0.25) is 0 Å². The van der Waals surface area contributed by atoms with Gasteiger partial charge in [0.1, 0.15) is 0 Å². The fourth-order valence-electron chi connectivity index (χ4n) is 2.37. The number of hydrogen-bond donors (Lipinski definition) is 2. The van der Waals surface area contributed by atoms with E-state index >= 15 is 0 Å². The largest absolute Gasteiger partial charge is 0.382 e. The quantitative estimate of drug-likeness (QED) is 0.761. The van der Waals surface area contributed by atoms with E-state index in [2.05, 4.69) is 27.2 Å². The van der Waals surface area contributed by atoms with Crippen LogP contribution in [0.25, 0.3) is 22.4 Å². The Morgan fingerprint density at radius 2 is 2.05 bits per heavy atom. The van der Waals surface area contributed by atoms with Crippen LogP contribution >= 0.6 is 0 Å². The lowest BCUT2D eigenvalue weighted by Gasteiger charge is -2.03. The maximum absolute atomic E-state index is 6.02. The predicted octanol–water partition coefficient (Wildman–Crippen LogP) is 2.02. The summed E-state index contributed by atoms with van der Waals surface area (Å²) in [6.45, 7) is 2.08. The molecule has 3 aromatic rings. The minimum Gasteiger partial charge on any atom is -0.382 e. The van der Waals surface area contributed by atoms with E-state index in [1.54, 1.807) is 12.4 Å². The number of pyridine rings is 1. The number of nitrogens with one attached hydrogen (secondary N) is 1. The SMILES string of the molecule is CCc1nn(C)cc1-c1[nH]nc(N)c1-c1ccncc1. The van der Waals surface area contributed by atoms with Crippen molar-refractivity contribution in [2.24, 2.45) is 7.05 Å². The minimum absolute atomic E-state index is 0.483. The van der Waals surface area contributed by atoms with Crippen molar-refractivity contribution in [2.75, 3.05) is 5.73 Å². The molecule has 0 spiro atoms. The van der Waals surface area contributed by atoms with Crippen molar-refractivity contribution in [3.63, 3.8) is 0 Å². The second kappa shape index (κ2) is 4.80. The normalized spacial score (nSPS) is 10.9. The van der Waals surface area contributed by atoms with Crippen LogP contribution in [0.1, 0.15) is 12.6 Å². The first kappa shape index (κ1) is 12.4. The molecule has 3 aromatic heterocycles. The number of nitrogens with zero attached hydrogens (tertiary/aromatic N) is 4. The minimum atomic E-state index is 0.483. The van der Waals surface area contributed by atoms with Gasteiger partial charge in [-0.1, -0.05) is 6.92 Å². The smallest absolute Gasteiger partial charge is 0.153 e. The molecule has 3 N–H and O–H groups in total. The standard InChI is InChI=1S/C14H16N6/c1-3-11-10(8-20(2)19-11)13-12(14(15)18-17-13)9-4-6-16-7-5-9/h4-8H,3H2,1-2H3,(H3,15,17,18). The molecule has 0 radical (unpaired) electrons. The van der Waals surface area contributed by atoms with Gasteiger partial charge in [-0.2, -0.15) is 10.2 Å². The molecule has 0 aliphatic carbocycles. The lowest BCUT2D eigenvalue weighted by atomic mass is 10.0. The number of aromatic nitrogens is 5. The summed E-state index contributed by atoms with van der Waals surface area (Å²) in [5.41, 5.74) is 10.9. The zero-order chi connectivity index (χ0) is 14.1. The summed E-state index contributed by atoms with van der Waals surface area (Å²) >= 11 is 0. The van der Waals surface area contributed by atoms with Crippen molar-refractivity contribution in [1.82, 2.24) is 25.0 Å². The first-order chi connectivity index (χ1) is 9.70. The van der Waals surface area contributed by atoms with Crippen LogP contribution < -0.4 is 5.73 Å². The number of anilines is 1. The number of H-pyrrole nitrogens is 1. The Morgan fingerprint density at radius 1 is 1.30 bits per heavy atom. The van der Waals surface area contributed by atoms with Crippen molar-refractivity contribution in [3.8, 4) is 22.4 Å². The molecule has 3 heterocycles. The van der Waals surface area contributed by atoms with Crippen LogP contribution in [0, 0.1) is 0 Å². The number of nitrogens with two attached hydrogens (primary N) is 1. The van der Waals surface area contributed by atoms with E-state index in [0.717, 1.165) is 34.5 Å². The molecular formula is C14H16N6. The number of hydrogen-bond acceptors (Lipinski definition) is 4. The van der Waals surface area contributed by atoms with Crippen LogP contribution in [-0.2, 0) is 13.5 Å². The maximum atomic E-state index is 6.02. The second-order valence-electron chi connectivity index (χ2n) is 4.61. The zero-order valence-corrected chi connectivity index (χ0v) is 11.5. The lowest BCUT2D eigenvalue weighted by Crippen LogP contribution is -1.90. The number of aryl methyl sites for hydroxylation is 2. The van der Waals surface area contributed by atoms with Gasteiger partial charge in [-0.15, -0.1) is 0 Å². The van der Waals surface area contributed by atoms with E-state index in [0.29, 0.717) is 5.82 Å². The fraction of sp³-hybridized carbons (Fsp3) is 0.214. The Hall–Kier alpha value is -2.63. The number of rotatable bonds is 3. The highest BCUT2D eigenvalue weighted by atomic mass is 15.3. The highest BCUT2D eigenvalue weighted by Crippen LogP contribution is 2.35. The third kappa shape index (κ3) is 1.95. The van der Waals surface area contributed by atoms with Gasteiger partial charge in [-0.05, 0) is 24.1 Å². The Morgan fingerprint density at radius 3 is 2.75 bits per heavy atom. The Labute approximate surface area is 116 Å². The van der Waals surface area contributed by atoms with E-state index in [4.69, 9.17) is 5.73 Å². The fourth-order valence-corrected chi connectivity index (χ4v) is 2.37. The van der Waals surface area contributed by atoms with Gasteiger partial charge in [0.05, 0.1) is 17.0 Å². The monoisotopic (exact) mass is 268 g/mol. The Bertz CT molecular complexity index is 725. The molecule has 102 valence electrons. The molecule has 0 aliphatic rings. The van der Waals surface area contributed by atoms with Crippen molar-refractivity contribution in [3.05, 3.63) is 36.4 Å². The van der Waals surface area contributed by atoms with E-state index < -0.39 is 0 Å². The summed E-state index contributed by atoms with van der Waals surface area (Å²) in [5.74, 6) is 0.483. The zero-order valence-electron chi connectivity index (χ0n) is 11.5. The van der Waals surface area contributed by atoms with Gasteiger partial charge in [-0.3, -0.25) is 14.8 Å². The molecule has 0 aliphatic heterocycles. The summed E-state index contributed by atoms with van der Waals surface area (Å²) < 4.78 is 1.81. The summed E-state index contributed by atoms with van der Waals surface area (Å²) in [6, 6.07) is 3.85. The topological polar surface area (TPSA) is 85.4 Å². The molecule has 0 saturated carbocycles. The molecule has 0 saturated heterocycles. The highest BCUT2D eigenvalue weighted by Gasteiger charge is 2.18. The van der Waals surface area contributed by atoms with Crippen LogP contribution in [-0.4, -0.2) is 25.0 Å². The van der Waals surface area contributed by atoms with Gasteiger partial charge in [0.15, 0.2) is 5.82 Å². The number of nitrogen functional groups attached to an aromatic ring is 1. The Kier molecular flexibility index (Phi) is 2.98. The average molecular weight is 268 g/mol. The molecule has 0 fully saturated rings. The summed E-state index contributed by atoms with van der Waals surface area (Å²) in [5, 5.41) is 11.6. The third-order valence-corrected chi connectivity index (χ3v) is 3.27. The third-order valence-electron chi connectivity index (χ3n) is 3.27. The maximum Gasteiger partial charge on any atom is 0.153 e. The van der Waals surface area contributed by atoms with Crippen molar-refractivity contribution in [2.45, 2.75) is 13.3 Å². The molecule has 3 rings (SSSR count). The predicted molar refractivity (Wildman–Crippen MR) is 77.8 cm³/mol. The first-order valence-electron chi connectivity index (χ1n) is 6.47. The molecule has 0 bridgehead atoms. The molecule has 20 heavy (non-hydrogen) atoms. The van der Waals surface area contributed by atoms with Gasteiger partial charge in [0.25, 0.3) is 0 Å². The Balaban J connectivity index is 2.21. The molecule has 0 atom stereocenters. The van der Waals surface area contributed by atoms with Crippen LogP contribution in [0.4, 0.5) is 5.82 Å². The van der Waals surface area contributed by atoms with Gasteiger partial charge >= 0.3 is 0 Å². The van der Waals surface area contributed by atoms with E-state index in [1.165, 1.54) is 0 Å². The second-order valence-corrected chi connectivity index (χ2v) is 4.61. The van der Waals surface area contributed by atoms with Crippen LogP contribution in [0.5, 0.6) is 0 Å². The molecule has 0 amide bonds. The van der Waals surface area contributed by atoms with Gasteiger partial charge in [0.2, 0.25) is 0 Å². The lowest BCUT2D eigenvalue weighted by molar-refractivity contribution is 0.746. The van der Waals surface area contributed by atoms with Gasteiger partial charge in [-0.25, -0.2) is 0 Å². The van der Waals surface area contributed by atoms with Crippen molar-refractivity contribution >= 4 is 5.82 Å².